The number of amides is 1. The van der Waals surface area contributed by atoms with Gasteiger partial charge >= 0.3 is 0 Å². The van der Waals surface area contributed by atoms with E-state index in [-0.39, 0.29) is 11.7 Å². The van der Waals surface area contributed by atoms with Crippen molar-refractivity contribution in [3.05, 3.63) is 53.9 Å². The second-order valence-corrected chi connectivity index (χ2v) is 5.03. The summed E-state index contributed by atoms with van der Waals surface area (Å²) in [5, 5.41) is 0. The molecule has 0 aliphatic carbocycles. The number of benzene rings is 1. The summed E-state index contributed by atoms with van der Waals surface area (Å²) in [5.74, 6) is 0.515. The number of imidazole rings is 1. The van der Waals surface area contributed by atoms with Gasteiger partial charge in [0.05, 0.1) is 13.2 Å². The van der Waals surface area contributed by atoms with Gasteiger partial charge in [-0.15, -0.1) is 0 Å². The number of methoxy groups -OCH3 is 1. The van der Waals surface area contributed by atoms with Crippen LogP contribution in [0.25, 0.3) is 0 Å². The van der Waals surface area contributed by atoms with Crippen LogP contribution in [0, 0.1) is 5.82 Å². The van der Waals surface area contributed by atoms with Crippen LogP contribution in [0.5, 0.6) is 0 Å². The van der Waals surface area contributed by atoms with Crippen molar-refractivity contribution in [2.45, 2.75) is 20.0 Å². The van der Waals surface area contributed by atoms with Crippen molar-refractivity contribution in [1.29, 1.82) is 0 Å². The average molecular weight is 305 g/mol. The van der Waals surface area contributed by atoms with E-state index < -0.39 is 0 Å². The molecule has 2 aromatic rings. The van der Waals surface area contributed by atoms with Gasteiger partial charge in [-0.25, -0.2) is 9.37 Å². The first kappa shape index (κ1) is 16.2. The van der Waals surface area contributed by atoms with Crippen LogP contribution in [0.2, 0.25) is 0 Å². The van der Waals surface area contributed by atoms with E-state index in [2.05, 4.69) is 4.98 Å². The van der Waals surface area contributed by atoms with Gasteiger partial charge in [0.1, 0.15) is 11.6 Å². The quantitative estimate of drug-likeness (QED) is 0.787. The first-order chi connectivity index (χ1) is 10.6. The maximum atomic E-state index is 12.9. The van der Waals surface area contributed by atoms with Gasteiger partial charge in [0.2, 0.25) is 5.91 Å². The minimum absolute atomic E-state index is 0.0200. The van der Waals surface area contributed by atoms with Gasteiger partial charge in [0, 0.05) is 39.5 Å². The standard InChI is InChI=1S/C16H20FN3O2/c1-13(21)19(9-10-22-2)12-16-18-7-8-20(16)11-14-3-5-15(17)6-4-14/h3-8H,9-12H2,1-2H3. The van der Waals surface area contributed by atoms with Gasteiger partial charge in [0.15, 0.2) is 0 Å². The highest BCUT2D eigenvalue weighted by atomic mass is 19.1. The Hall–Kier alpha value is -2.21. The predicted molar refractivity (Wildman–Crippen MR) is 80.7 cm³/mol. The molecule has 118 valence electrons. The number of ether oxygens (including phenoxy) is 1. The fraction of sp³-hybridized carbons (Fsp3) is 0.375. The fourth-order valence-corrected chi connectivity index (χ4v) is 2.14. The number of carbonyl (C=O) groups is 1. The van der Waals surface area contributed by atoms with Crippen LogP contribution >= 0.6 is 0 Å². The Kier molecular flexibility index (Phi) is 5.66. The number of aromatic nitrogens is 2. The molecule has 0 unspecified atom stereocenters. The molecule has 5 nitrogen and oxygen atoms in total. The highest BCUT2D eigenvalue weighted by Crippen LogP contribution is 2.09. The first-order valence-corrected chi connectivity index (χ1v) is 7.09. The van der Waals surface area contributed by atoms with E-state index in [1.54, 1.807) is 30.3 Å². The largest absolute Gasteiger partial charge is 0.383 e. The topological polar surface area (TPSA) is 47.4 Å². The van der Waals surface area contributed by atoms with Crippen LogP contribution in [0.4, 0.5) is 4.39 Å². The summed E-state index contributed by atoms with van der Waals surface area (Å²) in [7, 11) is 1.60. The highest BCUT2D eigenvalue weighted by molar-refractivity contribution is 5.73. The number of hydrogen-bond acceptors (Lipinski definition) is 3. The third kappa shape index (κ3) is 4.39. The molecule has 0 aliphatic heterocycles. The van der Waals surface area contributed by atoms with Gasteiger partial charge in [-0.05, 0) is 17.7 Å². The van der Waals surface area contributed by atoms with Crippen molar-refractivity contribution >= 4 is 5.91 Å². The zero-order chi connectivity index (χ0) is 15.9. The Bertz CT molecular complexity index is 610. The highest BCUT2D eigenvalue weighted by Gasteiger charge is 2.13. The maximum absolute atomic E-state index is 12.9. The molecule has 0 aliphatic rings. The van der Waals surface area contributed by atoms with Gasteiger partial charge in [-0.2, -0.15) is 0 Å². The van der Waals surface area contributed by atoms with Crippen LogP contribution in [0.3, 0.4) is 0 Å². The predicted octanol–water partition coefficient (Wildman–Crippen LogP) is 2.07. The lowest BCUT2D eigenvalue weighted by atomic mass is 10.2. The van der Waals surface area contributed by atoms with Crippen LogP contribution in [-0.2, 0) is 22.6 Å². The number of hydrogen-bond donors (Lipinski definition) is 0. The molecule has 0 saturated carbocycles. The molecule has 0 atom stereocenters. The molecular formula is C16H20FN3O2. The molecular weight excluding hydrogens is 285 g/mol. The van der Waals surface area contributed by atoms with Crippen LogP contribution < -0.4 is 0 Å². The molecule has 1 heterocycles. The van der Waals surface area contributed by atoms with E-state index in [1.165, 1.54) is 19.1 Å². The Balaban J connectivity index is 2.07. The summed E-state index contributed by atoms with van der Waals surface area (Å²) in [6.07, 6.45) is 3.56. The number of nitrogens with zero attached hydrogens (tertiary/aromatic N) is 3. The molecule has 0 radical (unpaired) electrons. The van der Waals surface area contributed by atoms with Crippen molar-refractivity contribution < 1.29 is 13.9 Å². The summed E-state index contributed by atoms with van der Waals surface area (Å²) < 4.78 is 19.9. The smallest absolute Gasteiger partial charge is 0.219 e. The zero-order valence-electron chi connectivity index (χ0n) is 12.8. The molecule has 0 bridgehead atoms. The van der Waals surface area contributed by atoms with E-state index >= 15 is 0 Å². The molecule has 2 rings (SSSR count). The lowest BCUT2D eigenvalue weighted by Gasteiger charge is -2.21. The minimum atomic E-state index is -0.253. The Morgan fingerprint density at radius 2 is 2.09 bits per heavy atom. The first-order valence-electron chi connectivity index (χ1n) is 7.09. The zero-order valence-corrected chi connectivity index (χ0v) is 12.8. The van der Waals surface area contributed by atoms with Crippen LogP contribution in [0.15, 0.2) is 36.7 Å². The summed E-state index contributed by atoms with van der Waals surface area (Å²) >= 11 is 0. The van der Waals surface area contributed by atoms with Gasteiger partial charge < -0.3 is 14.2 Å². The molecule has 0 saturated heterocycles. The molecule has 1 amide bonds. The Morgan fingerprint density at radius 1 is 1.36 bits per heavy atom. The minimum Gasteiger partial charge on any atom is -0.383 e. The molecule has 0 N–H and O–H groups in total. The van der Waals surface area contributed by atoms with Crippen molar-refractivity contribution in [2.24, 2.45) is 0 Å². The molecule has 6 heteroatoms. The Labute approximate surface area is 129 Å². The van der Waals surface area contributed by atoms with Gasteiger partial charge in [0.25, 0.3) is 0 Å². The normalized spacial score (nSPS) is 10.7. The third-order valence-corrected chi connectivity index (χ3v) is 3.41. The Morgan fingerprint density at radius 3 is 2.73 bits per heavy atom. The molecule has 0 spiro atoms. The number of carbonyl (C=O) groups excluding carboxylic acids is 1. The lowest BCUT2D eigenvalue weighted by molar-refractivity contribution is -0.130. The summed E-state index contributed by atoms with van der Waals surface area (Å²) in [5.41, 5.74) is 0.979. The maximum Gasteiger partial charge on any atom is 0.219 e. The van der Waals surface area contributed by atoms with Crippen LogP contribution in [0.1, 0.15) is 18.3 Å². The van der Waals surface area contributed by atoms with E-state index in [0.717, 1.165) is 11.4 Å². The molecule has 1 aromatic heterocycles. The summed E-state index contributed by atoms with van der Waals surface area (Å²) in [6, 6.07) is 6.36. The fourth-order valence-electron chi connectivity index (χ4n) is 2.14. The van der Waals surface area contributed by atoms with Gasteiger partial charge in [-0.1, -0.05) is 12.1 Å². The molecule has 22 heavy (non-hydrogen) atoms. The lowest BCUT2D eigenvalue weighted by Crippen LogP contribution is -2.32. The van der Waals surface area contributed by atoms with E-state index in [9.17, 15) is 9.18 Å². The molecule has 1 aromatic carbocycles. The van der Waals surface area contributed by atoms with E-state index in [0.29, 0.717) is 26.2 Å². The van der Waals surface area contributed by atoms with E-state index in [4.69, 9.17) is 4.74 Å². The second kappa shape index (κ2) is 7.70. The average Bonchev–Trinajstić information content (AvgIpc) is 2.92. The number of halogens is 1. The van der Waals surface area contributed by atoms with Crippen molar-refractivity contribution in [3.63, 3.8) is 0 Å². The number of rotatable bonds is 7. The van der Waals surface area contributed by atoms with Crippen molar-refractivity contribution in [2.75, 3.05) is 20.3 Å². The monoisotopic (exact) mass is 305 g/mol. The third-order valence-electron chi connectivity index (χ3n) is 3.41. The second-order valence-electron chi connectivity index (χ2n) is 5.03. The van der Waals surface area contributed by atoms with Crippen molar-refractivity contribution in [3.8, 4) is 0 Å². The van der Waals surface area contributed by atoms with Crippen LogP contribution in [-0.4, -0.2) is 40.6 Å². The summed E-state index contributed by atoms with van der Waals surface area (Å²) in [4.78, 5) is 17.7. The molecule has 0 fully saturated rings. The summed E-state index contributed by atoms with van der Waals surface area (Å²) in [6.45, 7) is 3.55. The van der Waals surface area contributed by atoms with E-state index in [1.807, 2.05) is 10.8 Å². The van der Waals surface area contributed by atoms with Crippen molar-refractivity contribution in [1.82, 2.24) is 14.5 Å². The SMILES string of the molecule is COCCN(Cc1nccn1Cc1ccc(F)cc1)C(C)=O. The van der Waals surface area contributed by atoms with Gasteiger partial charge in [-0.3, -0.25) is 4.79 Å².